The number of carbonyl (C=O) groups excluding carboxylic acids is 1. The van der Waals surface area contributed by atoms with Crippen molar-refractivity contribution in [3.8, 4) is 5.69 Å². The van der Waals surface area contributed by atoms with E-state index in [0.29, 0.717) is 0 Å². The first-order valence-corrected chi connectivity index (χ1v) is 9.61. The maximum atomic E-state index is 12.3. The Bertz CT molecular complexity index is 934. The molecule has 28 heavy (non-hydrogen) atoms. The number of nitrogens with zero attached hydrogens (tertiary/aromatic N) is 3. The van der Waals surface area contributed by atoms with Crippen LogP contribution in [0.25, 0.3) is 11.8 Å². The van der Waals surface area contributed by atoms with Crippen LogP contribution in [-0.2, 0) is 11.3 Å². The Morgan fingerprint density at radius 3 is 2.64 bits per heavy atom. The van der Waals surface area contributed by atoms with Crippen LogP contribution in [0.3, 0.4) is 0 Å². The Hall–Kier alpha value is -3.18. The van der Waals surface area contributed by atoms with E-state index in [-0.39, 0.29) is 11.9 Å². The van der Waals surface area contributed by atoms with Gasteiger partial charge in [0.2, 0.25) is 5.91 Å². The summed E-state index contributed by atoms with van der Waals surface area (Å²) in [4.78, 5) is 14.7. The molecule has 0 aliphatic carbocycles. The van der Waals surface area contributed by atoms with E-state index < -0.39 is 0 Å². The molecule has 1 atom stereocenters. The lowest BCUT2D eigenvalue weighted by Crippen LogP contribution is -2.35. The third-order valence-corrected chi connectivity index (χ3v) is 4.92. The molecule has 1 unspecified atom stereocenters. The molecule has 2 aromatic carbocycles. The first-order chi connectivity index (χ1) is 13.8. The quantitative estimate of drug-likeness (QED) is 0.676. The van der Waals surface area contributed by atoms with E-state index in [1.54, 1.807) is 23.0 Å². The second-order valence-corrected chi connectivity index (χ2v) is 7.10. The highest BCUT2D eigenvalue weighted by Gasteiger charge is 2.23. The lowest BCUT2D eigenvalue weighted by molar-refractivity contribution is -0.117. The van der Waals surface area contributed by atoms with Crippen LogP contribution in [0.2, 0.25) is 0 Å². The van der Waals surface area contributed by atoms with Gasteiger partial charge in [-0.3, -0.25) is 9.69 Å². The Balaban J connectivity index is 1.27. The largest absolute Gasteiger partial charge is 0.348 e. The van der Waals surface area contributed by atoms with E-state index in [1.165, 1.54) is 5.56 Å². The lowest BCUT2D eigenvalue weighted by atomic mass is 10.2. The summed E-state index contributed by atoms with van der Waals surface area (Å²) in [5.74, 6) is -0.0565. The molecule has 1 aliphatic rings. The fourth-order valence-corrected chi connectivity index (χ4v) is 3.50. The SMILES string of the molecule is O=C(/C=C/c1cnn(-c2ccccc2)c1)NC1CCN(Cc2ccccc2)C1. The second-order valence-electron chi connectivity index (χ2n) is 7.10. The van der Waals surface area contributed by atoms with Crippen LogP contribution in [0.4, 0.5) is 0 Å². The zero-order valence-electron chi connectivity index (χ0n) is 15.7. The minimum Gasteiger partial charge on any atom is -0.348 e. The number of carbonyl (C=O) groups is 1. The Morgan fingerprint density at radius 1 is 1.11 bits per heavy atom. The van der Waals surface area contributed by atoms with E-state index in [2.05, 4.69) is 39.6 Å². The van der Waals surface area contributed by atoms with Gasteiger partial charge >= 0.3 is 0 Å². The highest BCUT2D eigenvalue weighted by molar-refractivity contribution is 5.91. The maximum Gasteiger partial charge on any atom is 0.244 e. The van der Waals surface area contributed by atoms with Crippen LogP contribution in [0.5, 0.6) is 0 Å². The van der Waals surface area contributed by atoms with Crippen molar-refractivity contribution in [3.63, 3.8) is 0 Å². The first kappa shape index (κ1) is 18.2. The van der Waals surface area contributed by atoms with E-state index in [0.717, 1.165) is 37.3 Å². The van der Waals surface area contributed by atoms with Gasteiger partial charge < -0.3 is 5.32 Å². The van der Waals surface area contributed by atoms with Crippen molar-refractivity contribution in [2.75, 3.05) is 13.1 Å². The average molecular weight is 372 g/mol. The molecule has 0 bridgehead atoms. The minimum absolute atomic E-state index is 0.0565. The van der Waals surface area contributed by atoms with Crippen LogP contribution in [0, 0.1) is 0 Å². The summed E-state index contributed by atoms with van der Waals surface area (Å²) >= 11 is 0. The number of para-hydroxylation sites is 1. The molecule has 142 valence electrons. The summed E-state index contributed by atoms with van der Waals surface area (Å²) in [7, 11) is 0. The predicted molar refractivity (Wildman–Crippen MR) is 111 cm³/mol. The molecular formula is C23H24N4O. The van der Waals surface area contributed by atoms with Crippen molar-refractivity contribution in [3.05, 3.63) is 90.3 Å². The number of amides is 1. The topological polar surface area (TPSA) is 50.2 Å². The van der Waals surface area contributed by atoms with Crippen molar-refractivity contribution in [1.29, 1.82) is 0 Å². The van der Waals surface area contributed by atoms with E-state index >= 15 is 0 Å². The summed E-state index contributed by atoms with van der Waals surface area (Å²) in [6, 6.07) is 20.6. The number of nitrogens with one attached hydrogen (secondary N) is 1. The normalized spacial score (nSPS) is 17.2. The molecule has 0 radical (unpaired) electrons. The van der Waals surface area contributed by atoms with Gasteiger partial charge in [-0.05, 0) is 30.2 Å². The molecule has 3 aromatic rings. The van der Waals surface area contributed by atoms with Crippen LogP contribution in [0.1, 0.15) is 17.5 Å². The Morgan fingerprint density at radius 2 is 1.86 bits per heavy atom. The first-order valence-electron chi connectivity index (χ1n) is 9.61. The Kier molecular flexibility index (Phi) is 5.64. The standard InChI is InChI=1S/C23H24N4O/c28-23(12-11-20-15-24-27(17-20)22-9-5-2-6-10-22)25-21-13-14-26(18-21)16-19-7-3-1-4-8-19/h1-12,15,17,21H,13-14,16,18H2,(H,25,28)/b12-11+. The van der Waals surface area contributed by atoms with Gasteiger partial charge in [0, 0.05) is 43.5 Å². The third-order valence-electron chi connectivity index (χ3n) is 4.92. The fraction of sp³-hybridized carbons (Fsp3) is 0.217. The van der Waals surface area contributed by atoms with Gasteiger partial charge in [0.05, 0.1) is 11.9 Å². The van der Waals surface area contributed by atoms with Gasteiger partial charge in [-0.25, -0.2) is 4.68 Å². The van der Waals surface area contributed by atoms with Gasteiger partial charge in [0.1, 0.15) is 0 Å². The smallest absolute Gasteiger partial charge is 0.244 e. The third kappa shape index (κ3) is 4.75. The second kappa shape index (κ2) is 8.67. The number of aromatic nitrogens is 2. The van der Waals surface area contributed by atoms with Crippen LogP contribution >= 0.6 is 0 Å². The fourth-order valence-electron chi connectivity index (χ4n) is 3.50. The molecule has 5 nitrogen and oxygen atoms in total. The zero-order chi connectivity index (χ0) is 19.2. The molecular weight excluding hydrogens is 348 g/mol. The van der Waals surface area contributed by atoms with Crippen molar-refractivity contribution >= 4 is 12.0 Å². The number of hydrogen-bond donors (Lipinski definition) is 1. The monoisotopic (exact) mass is 372 g/mol. The summed E-state index contributed by atoms with van der Waals surface area (Å²) < 4.78 is 1.80. The molecule has 0 spiro atoms. The van der Waals surface area contributed by atoms with Gasteiger partial charge in [0.25, 0.3) is 0 Å². The molecule has 4 rings (SSSR count). The van der Waals surface area contributed by atoms with Gasteiger partial charge in [-0.15, -0.1) is 0 Å². The summed E-state index contributed by atoms with van der Waals surface area (Å²) in [6.45, 7) is 2.83. The number of benzene rings is 2. The van der Waals surface area contributed by atoms with E-state index in [4.69, 9.17) is 0 Å². The van der Waals surface area contributed by atoms with Gasteiger partial charge in [0.15, 0.2) is 0 Å². The lowest BCUT2D eigenvalue weighted by Gasteiger charge is -2.16. The average Bonchev–Trinajstić information content (AvgIpc) is 3.38. The van der Waals surface area contributed by atoms with Crippen LogP contribution in [-0.4, -0.2) is 39.7 Å². The number of rotatable bonds is 6. The summed E-state index contributed by atoms with van der Waals surface area (Å²) in [5, 5.41) is 7.45. The van der Waals surface area contributed by atoms with Gasteiger partial charge in [-0.2, -0.15) is 5.10 Å². The van der Waals surface area contributed by atoms with E-state index in [9.17, 15) is 4.79 Å². The molecule has 5 heteroatoms. The van der Waals surface area contributed by atoms with E-state index in [1.807, 2.05) is 42.6 Å². The summed E-state index contributed by atoms with van der Waals surface area (Å²) in [5.41, 5.74) is 3.21. The van der Waals surface area contributed by atoms with Crippen molar-refractivity contribution in [1.82, 2.24) is 20.0 Å². The van der Waals surface area contributed by atoms with Crippen LogP contribution in [0.15, 0.2) is 79.1 Å². The highest BCUT2D eigenvalue weighted by atomic mass is 16.1. The van der Waals surface area contributed by atoms with Crippen molar-refractivity contribution in [2.45, 2.75) is 19.0 Å². The molecule has 1 aromatic heterocycles. The Labute approximate surface area is 165 Å². The van der Waals surface area contributed by atoms with Crippen molar-refractivity contribution in [2.24, 2.45) is 0 Å². The molecule has 1 fully saturated rings. The van der Waals surface area contributed by atoms with Crippen LogP contribution < -0.4 is 5.32 Å². The molecule has 2 heterocycles. The predicted octanol–water partition coefficient (Wildman–Crippen LogP) is 3.28. The molecule has 1 saturated heterocycles. The maximum absolute atomic E-state index is 12.3. The highest BCUT2D eigenvalue weighted by Crippen LogP contribution is 2.14. The molecule has 1 N–H and O–H groups in total. The zero-order valence-corrected chi connectivity index (χ0v) is 15.7. The van der Waals surface area contributed by atoms with Gasteiger partial charge in [-0.1, -0.05) is 48.5 Å². The summed E-state index contributed by atoms with van der Waals surface area (Å²) in [6.07, 6.45) is 8.05. The number of likely N-dealkylation sites (tertiary alicyclic amines) is 1. The number of hydrogen-bond acceptors (Lipinski definition) is 3. The minimum atomic E-state index is -0.0565. The molecule has 0 saturated carbocycles. The molecule has 1 aliphatic heterocycles. The van der Waals surface area contributed by atoms with Crippen molar-refractivity contribution < 1.29 is 4.79 Å². The molecule has 1 amide bonds.